The van der Waals surface area contributed by atoms with Crippen LogP contribution in [0, 0.1) is 0 Å². The van der Waals surface area contributed by atoms with Gasteiger partial charge in [-0.15, -0.1) is 11.3 Å². The third-order valence-corrected chi connectivity index (χ3v) is 4.48. The number of nitrogens with one attached hydrogen (secondary N) is 1. The molecule has 4 rings (SSSR count). The molecule has 0 saturated heterocycles. The fourth-order valence-corrected chi connectivity index (χ4v) is 3.30. The van der Waals surface area contributed by atoms with Gasteiger partial charge in [0.2, 0.25) is 5.13 Å². The number of hydrogen-bond donors (Lipinski definition) is 1. The second kappa shape index (κ2) is 5.77. The molecule has 3 aromatic rings. The Morgan fingerprint density at radius 1 is 1.14 bits per heavy atom. The lowest BCUT2D eigenvalue weighted by Crippen LogP contribution is -2.11. The van der Waals surface area contributed by atoms with Crippen LogP contribution in [0.2, 0.25) is 0 Å². The van der Waals surface area contributed by atoms with Gasteiger partial charge in [0.05, 0.1) is 17.7 Å². The van der Waals surface area contributed by atoms with Crippen molar-refractivity contribution in [2.75, 3.05) is 5.43 Å². The van der Waals surface area contributed by atoms with Crippen LogP contribution in [0.5, 0.6) is 0 Å². The second-order valence-corrected chi connectivity index (χ2v) is 6.04. The molecule has 1 aromatic carbocycles. The normalized spacial score (nSPS) is 15.7. The monoisotopic (exact) mass is 309 g/mol. The van der Waals surface area contributed by atoms with E-state index in [0.717, 1.165) is 52.7 Å². The second-order valence-electron chi connectivity index (χ2n) is 5.19. The van der Waals surface area contributed by atoms with Crippen molar-refractivity contribution in [3.63, 3.8) is 0 Å². The van der Waals surface area contributed by atoms with Gasteiger partial charge in [0.25, 0.3) is 0 Å². The summed E-state index contributed by atoms with van der Waals surface area (Å²) in [4.78, 5) is 4.59. The van der Waals surface area contributed by atoms with Gasteiger partial charge in [0.15, 0.2) is 0 Å². The van der Waals surface area contributed by atoms with Crippen LogP contribution in [0.4, 0.5) is 5.13 Å². The fourth-order valence-electron chi connectivity index (χ4n) is 2.64. The highest BCUT2D eigenvalue weighted by molar-refractivity contribution is 7.14. The van der Waals surface area contributed by atoms with E-state index in [1.165, 1.54) is 0 Å². The number of anilines is 1. The minimum atomic E-state index is 0.807. The first kappa shape index (κ1) is 13.3. The summed E-state index contributed by atoms with van der Waals surface area (Å²) in [5.74, 6) is 1.04. The number of fused-ring (bicyclic) bond motifs is 1. The van der Waals surface area contributed by atoms with E-state index >= 15 is 0 Å². The molecular weight excluding hydrogens is 294 g/mol. The van der Waals surface area contributed by atoms with Crippen LogP contribution in [-0.2, 0) is 6.42 Å². The topological polar surface area (TPSA) is 50.4 Å². The van der Waals surface area contributed by atoms with Crippen molar-refractivity contribution in [3.05, 3.63) is 59.4 Å². The van der Waals surface area contributed by atoms with E-state index in [4.69, 9.17) is 4.42 Å². The summed E-state index contributed by atoms with van der Waals surface area (Å²) in [6, 6.07) is 12.2. The van der Waals surface area contributed by atoms with E-state index in [2.05, 4.69) is 27.6 Å². The molecule has 4 nitrogen and oxygen atoms in total. The maximum absolute atomic E-state index is 5.48. The number of aromatic nitrogens is 1. The molecule has 0 saturated carbocycles. The van der Waals surface area contributed by atoms with Gasteiger partial charge in [0.1, 0.15) is 5.76 Å². The number of nitrogens with zero attached hydrogens (tertiary/aromatic N) is 2. The molecule has 0 bridgehead atoms. The highest BCUT2D eigenvalue weighted by Crippen LogP contribution is 2.26. The molecule has 0 radical (unpaired) electrons. The summed E-state index contributed by atoms with van der Waals surface area (Å²) in [6.45, 7) is 0. The van der Waals surface area contributed by atoms with E-state index in [-0.39, 0.29) is 0 Å². The van der Waals surface area contributed by atoms with Crippen molar-refractivity contribution in [2.45, 2.75) is 19.3 Å². The van der Waals surface area contributed by atoms with Crippen molar-refractivity contribution < 1.29 is 4.42 Å². The van der Waals surface area contributed by atoms with Crippen LogP contribution in [-0.4, -0.2) is 10.7 Å². The van der Waals surface area contributed by atoms with Gasteiger partial charge in [0, 0.05) is 22.9 Å². The summed E-state index contributed by atoms with van der Waals surface area (Å²) in [7, 11) is 0. The molecule has 0 atom stereocenters. The summed E-state index contributed by atoms with van der Waals surface area (Å²) in [5.41, 5.74) is 7.35. The Morgan fingerprint density at radius 2 is 2.05 bits per heavy atom. The predicted molar refractivity (Wildman–Crippen MR) is 89.4 cm³/mol. The van der Waals surface area contributed by atoms with Crippen molar-refractivity contribution in [1.82, 2.24) is 4.98 Å². The van der Waals surface area contributed by atoms with Crippen molar-refractivity contribution in [1.29, 1.82) is 0 Å². The Kier molecular flexibility index (Phi) is 3.48. The lowest BCUT2D eigenvalue weighted by Gasteiger charge is -2.12. The van der Waals surface area contributed by atoms with Crippen LogP contribution in [0.1, 0.15) is 24.2 Å². The summed E-state index contributed by atoms with van der Waals surface area (Å²) in [6.07, 6.45) is 4.78. The average molecular weight is 309 g/mol. The van der Waals surface area contributed by atoms with Crippen LogP contribution < -0.4 is 5.43 Å². The Labute approximate surface area is 132 Å². The lowest BCUT2D eigenvalue weighted by molar-refractivity contribution is 0.498. The largest absolute Gasteiger partial charge is 0.469 e. The standard InChI is InChI=1S/C17H15N3OS/c1-2-5-12(6-3-1)15-11-22-17(18-15)20-19-14-7-4-8-16-13(14)9-10-21-16/h1-3,5-6,9-11H,4,7-8H2,(H,18,20)/b19-14+. The highest BCUT2D eigenvalue weighted by Gasteiger charge is 2.18. The number of benzene rings is 1. The van der Waals surface area contributed by atoms with Crippen LogP contribution >= 0.6 is 11.3 Å². The van der Waals surface area contributed by atoms with E-state index < -0.39 is 0 Å². The summed E-state index contributed by atoms with van der Waals surface area (Å²) < 4.78 is 5.48. The third kappa shape index (κ3) is 2.55. The van der Waals surface area contributed by atoms with Gasteiger partial charge in [-0.2, -0.15) is 5.10 Å². The minimum Gasteiger partial charge on any atom is -0.469 e. The molecule has 1 aliphatic rings. The molecule has 0 spiro atoms. The van der Waals surface area contributed by atoms with Crippen molar-refractivity contribution in [3.8, 4) is 11.3 Å². The smallest absolute Gasteiger partial charge is 0.203 e. The summed E-state index contributed by atoms with van der Waals surface area (Å²) >= 11 is 1.56. The van der Waals surface area contributed by atoms with Gasteiger partial charge in [-0.05, 0) is 18.9 Å². The van der Waals surface area contributed by atoms with E-state index in [9.17, 15) is 0 Å². The van der Waals surface area contributed by atoms with Gasteiger partial charge in [-0.1, -0.05) is 30.3 Å². The van der Waals surface area contributed by atoms with Crippen LogP contribution in [0.15, 0.2) is 57.6 Å². The van der Waals surface area contributed by atoms with E-state index in [1.54, 1.807) is 17.6 Å². The maximum atomic E-state index is 5.48. The zero-order chi connectivity index (χ0) is 14.8. The summed E-state index contributed by atoms with van der Waals surface area (Å²) in [5, 5.41) is 7.38. The van der Waals surface area contributed by atoms with E-state index in [0.29, 0.717) is 0 Å². The zero-order valence-electron chi connectivity index (χ0n) is 12.0. The third-order valence-electron chi connectivity index (χ3n) is 3.73. The predicted octanol–water partition coefficient (Wildman–Crippen LogP) is 4.56. The minimum absolute atomic E-state index is 0.807. The Hall–Kier alpha value is -2.40. The number of furan rings is 1. The number of rotatable bonds is 3. The zero-order valence-corrected chi connectivity index (χ0v) is 12.8. The van der Waals surface area contributed by atoms with Crippen LogP contribution in [0.25, 0.3) is 11.3 Å². The molecule has 1 aliphatic carbocycles. The Bertz CT molecular complexity index is 804. The lowest BCUT2D eigenvalue weighted by atomic mass is 9.97. The molecule has 0 amide bonds. The molecule has 2 aromatic heterocycles. The van der Waals surface area contributed by atoms with Gasteiger partial charge in [-0.25, -0.2) is 4.98 Å². The van der Waals surface area contributed by atoms with Gasteiger partial charge in [-0.3, -0.25) is 5.43 Å². The van der Waals surface area contributed by atoms with E-state index in [1.807, 2.05) is 29.6 Å². The first-order valence-electron chi connectivity index (χ1n) is 7.30. The molecule has 1 N–H and O–H groups in total. The molecule has 22 heavy (non-hydrogen) atoms. The molecular formula is C17H15N3OS. The van der Waals surface area contributed by atoms with Crippen molar-refractivity contribution in [2.24, 2.45) is 5.10 Å². The first-order chi connectivity index (χ1) is 10.9. The Morgan fingerprint density at radius 3 is 2.95 bits per heavy atom. The van der Waals surface area contributed by atoms with Gasteiger partial charge >= 0.3 is 0 Å². The molecule has 0 unspecified atom stereocenters. The number of hydrazone groups is 1. The molecule has 0 aliphatic heterocycles. The quantitative estimate of drug-likeness (QED) is 0.722. The maximum Gasteiger partial charge on any atom is 0.203 e. The molecule has 5 heteroatoms. The fraction of sp³-hybridized carbons (Fsp3) is 0.176. The first-order valence-corrected chi connectivity index (χ1v) is 8.18. The number of aryl methyl sites for hydroxylation is 1. The van der Waals surface area contributed by atoms with Crippen molar-refractivity contribution >= 4 is 22.2 Å². The molecule has 2 heterocycles. The van der Waals surface area contributed by atoms with Gasteiger partial charge < -0.3 is 4.42 Å². The number of hydrogen-bond acceptors (Lipinski definition) is 5. The average Bonchev–Trinajstić information content (AvgIpc) is 3.23. The molecule has 110 valence electrons. The highest BCUT2D eigenvalue weighted by atomic mass is 32.1. The van der Waals surface area contributed by atoms with Crippen LogP contribution in [0.3, 0.4) is 0 Å². The molecule has 0 fully saturated rings. The number of thiazole rings is 1. The SMILES string of the molecule is c1ccc(-c2csc(N/N=C3\CCCc4occc43)n2)cc1. The Balaban J connectivity index is 1.54.